The molecule has 1 aromatic heterocycles. The lowest BCUT2D eigenvalue weighted by Crippen LogP contribution is -2.42. The lowest BCUT2D eigenvalue weighted by atomic mass is 10.2. The normalized spacial score (nSPS) is 16.2. The molecule has 9 heteroatoms. The van der Waals surface area contributed by atoms with Crippen LogP contribution in [0.25, 0.3) is 0 Å². The van der Waals surface area contributed by atoms with Crippen LogP contribution in [-0.2, 0) is 6.18 Å². The second kappa shape index (κ2) is 8.70. The van der Waals surface area contributed by atoms with Crippen molar-refractivity contribution in [1.82, 2.24) is 20.6 Å². The minimum absolute atomic E-state index is 0.0474. The van der Waals surface area contributed by atoms with Gasteiger partial charge in [0.1, 0.15) is 5.69 Å². The molecule has 1 aliphatic rings. The molecule has 0 saturated heterocycles. The van der Waals surface area contributed by atoms with Crippen LogP contribution in [0.5, 0.6) is 0 Å². The predicted octanol–water partition coefficient (Wildman–Crippen LogP) is 2.41. The standard InChI is InChI=1S/C15H23F3N6/c1-2-19-13(23-11-5-3-4-6-11)21-9-10-22-14-20-8-7-12(24-14)15(16,17)18/h7-8,11H,2-6,9-10H2,1H3,(H2,19,21,23)(H,20,22,24). The Morgan fingerprint density at radius 3 is 2.75 bits per heavy atom. The van der Waals surface area contributed by atoms with Gasteiger partial charge in [-0.25, -0.2) is 9.97 Å². The van der Waals surface area contributed by atoms with E-state index in [1.807, 2.05) is 6.92 Å². The number of rotatable bonds is 6. The first-order valence-electron chi connectivity index (χ1n) is 8.18. The number of nitrogens with zero attached hydrogens (tertiary/aromatic N) is 3. The molecular weight excluding hydrogens is 321 g/mol. The van der Waals surface area contributed by atoms with Crippen LogP contribution in [0.2, 0.25) is 0 Å². The number of anilines is 1. The summed E-state index contributed by atoms with van der Waals surface area (Å²) in [4.78, 5) is 11.7. The maximum absolute atomic E-state index is 12.6. The first kappa shape index (κ1) is 18.3. The highest BCUT2D eigenvalue weighted by molar-refractivity contribution is 5.80. The third-order valence-corrected chi connectivity index (χ3v) is 3.65. The second-order valence-electron chi connectivity index (χ2n) is 5.58. The van der Waals surface area contributed by atoms with Gasteiger partial charge < -0.3 is 16.0 Å². The zero-order valence-corrected chi connectivity index (χ0v) is 13.7. The van der Waals surface area contributed by atoms with Crippen molar-refractivity contribution in [2.45, 2.75) is 44.8 Å². The SMILES string of the molecule is CCNC(=NCCNc1nccc(C(F)(F)F)n1)NC1CCCC1. The van der Waals surface area contributed by atoms with Gasteiger partial charge in [-0.15, -0.1) is 0 Å². The van der Waals surface area contributed by atoms with Crippen molar-refractivity contribution in [3.05, 3.63) is 18.0 Å². The molecule has 1 aliphatic carbocycles. The Balaban J connectivity index is 1.83. The Bertz CT molecular complexity index is 540. The lowest BCUT2D eigenvalue weighted by molar-refractivity contribution is -0.141. The van der Waals surface area contributed by atoms with Gasteiger partial charge in [0.15, 0.2) is 5.96 Å². The number of alkyl halides is 3. The topological polar surface area (TPSA) is 74.2 Å². The van der Waals surface area contributed by atoms with Crippen molar-refractivity contribution in [3.8, 4) is 0 Å². The summed E-state index contributed by atoms with van der Waals surface area (Å²) in [7, 11) is 0. The molecule has 2 rings (SSSR count). The number of aromatic nitrogens is 2. The minimum atomic E-state index is -4.47. The Hall–Kier alpha value is -2.06. The molecule has 0 aliphatic heterocycles. The summed E-state index contributed by atoms with van der Waals surface area (Å²) in [6, 6.07) is 1.29. The monoisotopic (exact) mass is 344 g/mol. The summed E-state index contributed by atoms with van der Waals surface area (Å²) in [5.41, 5.74) is -0.959. The quantitative estimate of drug-likeness (QED) is 0.420. The fourth-order valence-electron chi connectivity index (χ4n) is 2.52. The summed E-state index contributed by atoms with van der Waals surface area (Å²) in [6.07, 6.45) is 1.35. The van der Waals surface area contributed by atoms with Gasteiger partial charge >= 0.3 is 6.18 Å². The van der Waals surface area contributed by atoms with E-state index in [1.54, 1.807) is 0 Å². The zero-order valence-electron chi connectivity index (χ0n) is 13.7. The smallest absolute Gasteiger partial charge is 0.357 e. The van der Waals surface area contributed by atoms with E-state index in [0.29, 0.717) is 19.1 Å². The van der Waals surface area contributed by atoms with Gasteiger partial charge in [0.2, 0.25) is 5.95 Å². The van der Waals surface area contributed by atoms with Crippen molar-refractivity contribution in [2.24, 2.45) is 4.99 Å². The molecule has 0 spiro atoms. The van der Waals surface area contributed by atoms with E-state index in [9.17, 15) is 13.2 Å². The summed E-state index contributed by atoms with van der Waals surface area (Å²) in [5.74, 6) is 0.685. The highest BCUT2D eigenvalue weighted by Gasteiger charge is 2.32. The predicted molar refractivity (Wildman–Crippen MR) is 86.9 cm³/mol. The fraction of sp³-hybridized carbons (Fsp3) is 0.667. The van der Waals surface area contributed by atoms with E-state index in [1.165, 1.54) is 12.8 Å². The largest absolute Gasteiger partial charge is 0.433 e. The molecule has 1 aromatic rings. The fourth-order valence-corrected chi connectivity index (χ4v) is 2.52. The van der Waals surface area contributed by atoms with Gasteiger partial charge in [-0.1, -0.05) is 12.8 Å². The average molecular weight is 344 g/mol. The summed E-state index contributed by atoms with van der Waals surface area (Å²) in [5, 5.41) is 9.31. The molecule has 24 heavy (non-hydrogen) atoms. The van der Waals surface area contributed by atoms with Crippen molar-refractivity contribution >= 4 is 11.9 Å². The van der Waals surface area contributed by atoms with Gasteiger partial charge in [-0.3, -0.25) is 4.99 Å². The number of nitrogens with one attached hydrogen (secondary N) is 3. The molecule has 0 amide bonds. The molecule has 1 saturated carbocycles. The molecular formula is C15H23F3N6. The first-order chi connectivity index (χ1) is 11.5. The highest BCUT2D eigenvalue weighted by Crippen LogP contribution is 2.27. The number of halogens is 3. The lowest BCUT2D eigenvalue weighted by Gasteiger charge is -2.16. The molecule has 0 aromatic carbocycles. The molecule has 6 nitrogen and oxygen atoms in total. The molecule has 1 fully saturated rings. The summed E-state index contributed by atoms with van der Waals surface area (Å²) in [6.45, 7) is 3.49. The van der Waals surface area contributed by atoms with E-state index < -0.39 is 11.9 Å². The Labute approximate surface area is 139 Å². The van der Waals surface area contributed by atoms with Crippen LogP contribution in [0.15, 0.2) is 17.3 Å². The Morgan fingerprint density at radius 2 is 2.08 bits per heavy atom. The number of hydrogen-bond acceptors (Lipinski definition) is 4. The van der Waals surface area contributed by atoms with E-state index in [2.05, 4.69) is 30.9 Å². The second-order valence-corrected chi connectivity index (χ2v) is 5.58. The highest BCUT2D eigenvalue weighted by atomic mass is 19.4. The molecule has 0 radical (unpaired) electrons. The van der Waals surface area contributed by atoms with Crippen LogP contribution in [0.1, 0.15) is 38.3 Å². The molecule has 134 valence electrons. The third-order valence-electron chi connectivity index (χ3n) is 3.65. The molecule has 1 heterocycles. The molecule has 3 N–H and O–H groups in total. The van der Waals surface area contributed by atoms with Gasteiger partial charge in [0, 0.05) is 25.3 Å². The third kappa shape index (κ3) is 5.86. The number of hydrogen-bond donors (Lipinski definition) is 3. The van der Waals surface area contributed by atoms with Crippen molar-refractivity contribution in [1.29, 1.82) is 0 Å². The summed E-state index contributed by atoms with van der Waals surface area (Å²) >= 11 is 0. The molecule has 0 atom stereocenters. The average Bonchev–Trinajstić information content (AvgIpc) is 3.04. The van der Waals surface area contributed by atoms with Crippen LogP contribution in [0.4, 0.5) is 19.1 Å². The van der Waals surface area contributed by atoms with E-state index in [-0.39, 0.29) is 5.95 Å². The van der Waals surface area contributed by atoms with Crippen LogP contribution in [0, 0.1) is 0 Å². The van der Waals surface area contributed by atoms with Crippen LogP contribution < -0.4 is 16.0 Å². The van der Waals surface area contributed by atoms with Crippen molar-refractivity contribution in [3.63, 3.8) is 0 Å². The zero-order chi connectivity index (χ0) is 17.4. The van der Waals surface area contributed by atoms with Gasteiger partial charge in [0.25, 0.3) is 0 Å². The van der Waals surface area contributed by atoms with Gasteiger partial charge in [-0.05, 0) is 25.8 Å². The first-order valence-corrected chi connectivity index (χ1v) is 8.18. The van der Waals surface area contributed by atoms with Crippen LogP contribution >= 0.6 is 0 Å². The van der Waals surface area contributed by atoms with Crippen molar-refractivity contribution < 1.29 is 13.2 Å². The van der Waals surface area contributed by atoms with E-state index in [4.69, 9.17) is 0 Å². The minimum Gasteiger partial charge on any atom is -0.357 e. The molecule has 0 bridgehead atoms. The number of aliphatic imine (C=N–C) groups is 1. The van der Waals surface area contributed by atoms with Gasteiger partial charge in [-0.2, -0.15) is 13.2 Å². The Kier molecular flexibility index (Phi) is 6.62. The Morgan fingerprint density at radius 1 is 1.33 bits per heavy atom. The van der Waals surface area contributed by atoms with E-state index >= 15 is 0 Å². The maximum atomic E-state index is 12.6. The van der Waals surface area contributed by atoms with Crippen LogP contribution in [-0.4, -0.2) is 41.6 Å². The maximum Gasteiger partial charge on any atom is 0.433 e. The van der Waals surface area contributed by atoms with Gasteiger partial charge in [0.05, 0.1) is 6.54 Å². The molecule has 0 unspecified atom stereocenters. The van der Waals surface area contributed by atoms with E-state index in [0.717, 1.165) is 37.6 Å². The van der Waals surface area contributed by atoms with Crippen LogP contribution in [0.3, 0.4) is 0 Å². The number of guanidine groups is 1. The summed E-state index contributed by atoms with van der Waals surface area (Å²) < 4.78 is 37.8. The van der Waals surface area contributed by atoms with Crippen molar-refractivity contribution in [2.75, 3.05) is 25.0 Å².